The first-order valence-electron chi connectivity index (χ1n) is 14.1. The maximum Gasteiger partial charge on any atom is 0.306 e. The van der Waals surface area contributed by atoms with Gasteiger partial charge in [0.25, 0.3) is 0 Å². The summed E-state index contributed by atoms with van der Waals surface area (Å²) in [6, 6.07) is 0. The number of hydrogen-bond acceptors (Lipinski definition) is 3. The molecule has 0 spiro atoms. The molecule has 0 aliphatic heterocycles. The number of nitrogens with zero attached hydrogens (tertiary/aromatic N) is 1. The van der Waals surface area contributed by atoms with Gasteiger partial charge >= 0.3 is 17.9 Å². The lowest BCUT2D eigenvalue weighted by Crippen LogP contribution is -2.52. The highest BCUT2D eigenvalue weighted by molar-refractivity contribution is 5.70. The van der Waals surface area contributed by atoms with Crippen LogP contribution in [0.25, 0.3) is 0 Å². The van der Waals surface area contributed by atoms with Crippen molar-refractivity contribution in [1.82, 2.24) is 0 Å². The van der Waals surface area contributed by atoms with E-state index in [0.717, 1.165) is 19.4 Å². The highest BCUT2D eigenvalue weighted by Crippen LogP contribution is 2.22. The van der Waals surface area contributed by atoms with Crippen LogP contribution in [0.3, 0.4) is 0 Å². The summed E-state index contributed by atoms with van der Waals surface area (Å²) < 4.78 is 0.615. The third kappa shape index (κ3) is 16.6. The summed E-state index contributed by atoms with van der Waals surface area (Å²) in [7, 11) is 0. The monoisotopic (exact) mass is 500 g/mol. The Morgan fingerprint density at radius 3 is 1.09 bits per heavy atom. The summed E-state index contributed by atoms with van der Waals surface area (Å²) in [4.78, 5) is 34.3. The minimum Gasteiger partial charge on any atom is -0.481 e. The number of quaternary nitrogens is 1. The van der Waals surface area contributed by atoms with Crippen molar-refractivity contribution in [3.63, 3.8) is 0 Å². The van der Waals surface area contributed by atoms with E-state index in [2.05, 4.69) is 6.92 Å². The minimum absolute atomic E-state index is 0.473. The molecule has 0 aromatic rings. The molecule has 0 saturated heterocycles. The van der Waals surface area contributed by atoms with Gasteiger partial charge in [-0.15, -0.1) is 0 Å². The van der Waals surface area contributed by atoms with Crippen molar-refractivity contribution < 1.29 is 34.2 Å². The molecule has 7 nitrogen and oxygen atoms in total. The van der Waals surface area contributed by atoms with E-state index in [1.54, 1.807) is 20.8 Å². The molecule has 206 valence electrons. The van der Waals surface area contributed by atoms with Gasteiger partial charge in [0.2, 0.25) is 0 Å². The molecule has 0 heterocycles. The highest BCUT2D eigenvalue weighted by Gasteiger charge is 2.31. The number of carbonyl (C=O) groups is 3. The molecular weight excluding hydrogens is 446 g/mol. The number of carboxylic acids is 3. The highest BCUT2D eigenvalue weighted by atomic mass is 16.4. The van der Waals surface area contributed by atoms with Crippen molar-refractivity contribution in [2.45, 2.75) is 118 Å². The Balaban J connectivity index is 4.96. The normalized spacial score (nSPS) is 15.8. The first-order chi connectivity index (χ1) is 16.5. The Morgan fingerprint density at radius 1 is 0.514 bits per heavy atom. The van der Waals surface area contributed by atoms with Gasteiger partial charge in [-0.2, -0.15) is 0 Å². The van der Waals surface area contributed by atoms with Gasteiger partial charge in [-0.05, 0) is 12.8 Å². The summed E-state index contributed by atoms with van der Waals surface area (Å²) in [6.45, 7) is 10.1. The SMILES string of the molecule is CCCCCCCCCCCCC[N+](CCC(C)C(=O)O)(CCC(C)C(=O)O)CCC(C)C(=O)O. The van der Waals surface area contributed by atoms with Gasteiger partial charge in [0.1, 0.15) is 0 Å². The van der Waals surface area contributed by atoms with Gasteiger partial charge in [0.15, 0.2) is 0 Å². The van der Waals surface area contributed by atoms with Gasteiger partial charge in [-0.3, -0.25) is 14.4 Å². The summed E-state index contributed by atoms with van der Waals surface area (Å²) in [5.41, 5.74) is 0. The Hall–Kier alpha value is -1.63. The van der Waals surface area contributed by atoms with E-state index in [1.165, 1.54) is 57.8 Å². The summed E-state index contributed by atoms with van der Waals surface area (Å²) in [6.07, 6.45) is 15.2. The molecule has 0 aliphatic carbocycles. The number of rotatable bonds is 24. The van der Waals surface area contributed by atoms with E-state index in [-0.39, 0.29) is 0 Å². The largest absolute Gasteiger partial charge is 0.481 e. The van der Waals surface area contributed by atoms with Gasteiger partial charge in [0, 0.05) is 19.3 Å². The van der Waals surface area contributed by atoms with E-state index in [9.17, 15) is 29.7 Å². The van der Waals surface area contributed by atoms with Gasteiger partial charge < -0.3 is 19.8 Å². The zero-order valence-corrected chi connectivity index (χ0v) is 23.0. The van der Waals surface area contributed by atoms with Crippen LogP contribution in [-0.2, 0) is 14.4 Å². The molecule has 35 heavy (non-hydrogen) atoms. The smallest absolute Gasteiger partial charge is 0.306 e. The maximum absolute atomic E-state index is 11.4. The number of unbranched alkanes of at least 4 members (excludes halogenated alkanes) is 10. The molecule has 3 unspecified atom stereocenters. The average Bonchev–Trinajstić information content (AvgIpc) is 2.82. The predicted octanol–water partition coefficient (Wildman–Crippen LogP) is 6.45. The van der Waals surface area contributed by atoms with Crippen LogP contribution in [-0.4, -0.2) is 63.9 Å². The molecule has 0 saturated carbocycles. The van der Waals surface area contributed by atoms with Crippen molar-refractivity contribution in [2.75, 3.05) is 26.2 Å². The van der Waals surface area contributed by atoms with Crippen LogP contribution >= 0.6 is 0 Å². The fourth-order valence-corrected chi connectivity index (χ4v) is 4.56. The summed E-state index contributed by atoms with van der Waals surface area (Å²) >= 11 is 0. The molecule has 3 N–H and O–H groups in total. The van der Waals surface area contributed by atoms with E-state index in [4.69, 9.17) is 0 Å². The minimum atomic E-state index is -0.824. The fourth-order valence-electron chi connectivity index (χ4n) is 4.56. The van der Waals surface area contributed by atoms with E-state index >= 15 is 0 Å². The molecule has 0 amide bonds. The van der Waals surface area contributed by atoms with Crippen LogP contribution in [0.2, 0.25) is 0 Å². The number of aliphatic carboxylic acids is 3. The predicted molar refractivity (Wildman–Crippen MR) is 140 cm³/mol. The van der Waals surface area contributed by atoms with Crippen LogP contribution in [0.1, 0.15) is 118 Å². The maximum atomic E-state index is 11.4. The van der Waals surface area contributed by atoms with E-state index in [0.29, 0.717) is 43.4 Å². The van der Waals surface area contributed by atoms with Gasteiger partial charge in [0.05, 0.1) is 43.9 Å². The molecule has 0 aliphatic rings. The lowest BCUT2D eigenvalue weighted by atomic mass is 10.0. The Labute approximate surface area is 213 Å². The van der Waals surface area contributed by atoms with Crippen LogP contribution in [0.5, 0.6) is 0 Å². The molecular formula is C28H54NO6+. The molecule has 0 radical (unpaired) electrons. The van der Waals surface area contributed by atoms with Crippen molar-refractivity contribution in [3.8, 4) is 0 Å². The third-order valence-electron chi connectivity index (χ3n) is 7.61. The van der Waals surface area contributed by atoms with E-state index < -0.39 is 35.7 Å². The van der Waals surface area contributed by atoms with Crippen molar-refractivity contribution in [3.05, 3.63) is 0 Å². The van der Waals surface area contributed by atoms with Crippen LogP contribution in [0.4, 0.5) is 0 Å². The van der Waals surface area contributed by atoms with Crippen molar-refractivity contribution in [2.24, 2.45) is 17.8 Å². The fraction of sp³-hybridized carbons (Fsp3) is 0.893. The zero-order chi connectivity index (χ0) is 26.7. The Morgan fingerprint density at radius 2 is 0.800 bits per heavy atom. The summed E-state index contributed by atoms with van der Waals surface area (Å²) in [5, 5.41) is 28.1. The average molecular weight is 501 g/mol. The second kappa shape index (κ2) is 19.5. The molecule has 0 fully saturated rings. The Kier molecular flexibility index (Phi) is 18.6. The number of hydrogen-bond donors (Lipinski definition) is 3. The zero-order valence-electron chi connectivity index (χ0n) is 23.0. The van der Waals surface area contributed by atoms with Crippen LogP contribution < -0.4 is 0 Å². The molecule has 7 heteroatoms. The lowest BCUT2D eigenvalue weighted by Gasteiger charge is -2.40. The first kappa shape index (κ1) is 33.4. The van der Waals surface area contributed by atoms with Crippen molar-refractivity contribution >= 4 is 17.9 Å². The van der Waals surface area contributed by atoms with Crippen LogP contribution in [0, 0.1) is 17.8 Å². The van der Waals surface area contributed by atoms with E-state index in [1.807, 2.05) is 0 Å². The third-order valence-corrected chi connectivity index (χ3v) is 7.61. The molecule has 0 aromatic heterocycles. The molecule has 0 bridgehead atoms. The summed E-state index contributed by atoms with van der Waals surface area (Å²) in [5.74, 6) is -3.89. The molecule has 0 rings (SSSR count). The molecule has 0 aromatic carbocycles. The van der Waals surface area contributed by atoms with Crippen LogP contribution in [0.15, 0.2) is 0 Å². The second-order valence-corrected chi connectivity index (χ2v) is 10.9. The molecule has 3 atom stereocenters. The Bertz CT molecular complexity index is 534. The lowest BCUT2D eigenvalue weighted by molar-refractivity contribution is -0.929. The van der Waals surface area contributed by atoms with Gasteiger partial charge in [-0.25, -0.2) is 0 Å². The topological polar surface area (TPSA) is 112 Å². The standard InChI is InChI=1S/C28H53NO6/c1-5-6-7-8-9-10-11-12-13-14-15-19-29(20-16-23(2)26(30)31,21-17-24(3)27(32)33)22-18-25(4)28(34)35/h23-25H,5-22H2,1-4H3,(H2-,30,31,32,33,34,35)/p+1. The van der Waals surface area contributed by atoms with Crippen molar-refractivity contribution in [1.29, 1.82) is 0 Å². The van der Waals surface area contributed by atoms with Gasteiger partial charge in [-0.1, -0.05) is 85.5 Å². The number of carboxylic acid groups (broad SMARTS) is 3. The second-order valence-electron chi connectivity index (χ2n) is 10.9. The first-order valence-corrected chi connectivity index (χ1v) is 14.1. The quantitative estimate of drug-likeness (QED) is 0.104.